The standard InChI is InChI=1S/C15H23FN2O/c1-3-19-13-6-8-18(9-7-13)15-5-4-12(11(2)17)10-14(15)16/h4-5,10-11,13H,3,6-9,17H2,1-2H3/t11-/m1/s1. The highest BCUT2D eigenvalue weighted by Gasteiger charge is 2.21. The summed E-state index contributed by atoms with van der Waals surface area (Å²) in [6.45, 7) is 6.32. The largest absolute Gasteiger partial charge is 0.378 e. The zero-order valence-electron chi connectivity index (χ0n) is 11.7. The molecule has 1 fully saturated rings. The van der Waals surface area contributed by atoms with Crippen LogP contribution >= 0.6 is 0 Å². The van der Waals surface area contributed by atoms with Crippen LogP contribution in [0.25, 0.3) is 0 Å². The third-order valence-electron chi connectivity index (χ3n) is 3.68. The summed E-state index contributed by atoms with van der Waals surface area (Å²) in [4.78, 5) is 2.09. The first kappa shape index (κ1) is 14.3. The van der Waals surface area contributed by atoms with Gasteiger partial charge >= 0.3 is 0 Å². The average Bonchev–Trinajstić information content (AvgIpc) is 2.40. The van der Waals surface area contributed by atoms with E-state index in [1.54, 1.807) is 6.07 Å². The Morgan fingerprint density at radius 2 is 2.11 bits per heavy atom. The van der Waals surface area contributed by atoms with Crippen molar-refractivity contribution in [1.82, 2.24) is 0 Å². The molecule has 0 amide bonds. The highest BCUT2D eigenvalue weighted by atomic mass is 19.1. The van der Waals surface area contributed by atoms with Gasteiger partial charge in [0.2, 0.25) is 0 Å². The van der Waals surface area contributed by atoms with Gasteiger partial charge in [-0.25, -0.2) is 4.39 Å². The van der Waals surface area contributed by atoms with Gasteiger partial charge in [0, 0.05) is 25.7 Å². The van der Waals surface area contributed by atoms with Crippen LogP contribution in [0.3, 0.4) is 0 Å². The van der Waals surface area contributed by atoms with E-state index in [0.717, 1.165) is 38.1 Å². The number of piperidine rings is 1. The molecule has 1 heterocycles. The summed E-state index contributed by atoms with van der Waals surface area (Å²) >= 11 is 0. The molecule has 0 spiro atoms. The van der Waals surface area contributed by atoms with Crippen molar-refractivity contribution in [3.8, 4) is 0 Å². The minimum atomic E-state index is -0.176. The molecule has 4 heteroatoms. The normalized spacial score (nSPS) is 18.6. The lowest BCUT2D eigenvalue weighted by Crippen LogP contribution is -2.37. The van der Waals surface area contributed by atoms with E-state index in [1.807, 2.05) is 26.0 Å². The fraction of sp³-hybridized carbons (Fsp3) is 0.600. The molecule has 2 rings (SSSR count). The highest BCUT2D eigenvalue weighted by molar-refractivity contribution is 5.50. The maximum Gasteiger partial charge on any atom is 0.146 e. The lowest BCUT2D eigenvalue weighted by atomic mass is 10.0. The second-order valence-corrected chi connectivity index (χ2v) is 5.14. The number of anilines is 1. The quantitative estimate of drug-likeness (QED) is 0.910. The van der Waals surface area contributed by atoms with E-state index in [-0.39, 0.29) is 11.9 Å². The van der Waals surface area contributed by atoms with Crippen molar-refractivity contribution in [2.45, 2.75) is 38.8 Å². The van der Waals surface area contributed by atoms with Gasteiger partial charge in [0.05, 0.1) is 11.8 Å². The Balaban J connectivity index is 2.03. The summed E-state index contributed by atoms with van der Waals surface area (Å²) in [6.07, 6.45) is 2.25. The zero-order valence-corrected chi connectivity index (χ0v) is 11.7. The van der Waals surface area contributed by atoms with E-state index in [1.165, 1.54) is 0 Å². The molecule has 0 bridgehead atoms. The van der Waals surface area contributed by atoms with E-state index in [4.69, 9.17) is 10.5 Å². The van der Waals surface area contributed by atoms with Gasteiger partial charge in [0.1, 0.15) is 5.82 Å². The van der Waals surface area contributed by atoms with Crippen LogP contribution in [0.5, 0.6) is 0 Å². The molecular weight excluding hydrogens is 243 g/mol. The predicted molar refractivity (Wildman–Crippen MR) is 75.9 cm³/mol. The van der Waals surface area contributed by atoms with Gasteiger partial charge in [-0.15, -0.1) is 0 Å². The van der Waals surface area contributed by atoms with Gasteiger partial charge in [0.25, 0.3) is 0 Å². The van der Waals surface area contributed by atoms with Gasteiger partial charge in [-0.2, -0.15) is 0 Å². The van der Waals surface area contributed by atoms with Crippen LogP contribution in [0.1, 0.15) is 38.3 Å². The maximum atomic E-state index is 14.1. The first-order valence-electron chi connectivity index (χ1n) is 7.03. The molecule has 106 valence electrons. The van der Waals surface area contributed by atoms with Crippen LogP contribution in [0.15, 0.2) is 18.2 Å². The van der Waals surface area contributed by atoms with Crippen molar-refractivity contribution in [1.29, 1.82) is 0 Å². The molecule has 1 saturated heterocycles. The number of ether oxygens (including phenoxy) is 1. The van der Waals surface area contributed by atoms with E-state index < -0.39 is 0 Å². The number of halogens is 1. The van der Waals surface area contributed by atoms with Crippen molar-refractivity contribution in [2.24, 2.45) is 5.73 Å². The van der Waals surface area contributed by atoms with Crippen molar-refractivity contribution in [3.05, 3.63) is 29.6 Å². The molecule has 0 unspecified atom stereocenters. The summed E-state index contributed by atoms with van der Waals surface area (Å²) in [6, 6.07) is 5.17. The second-order valence-electron chi connectivity index (χ2n) is 5.14. The number of hydrogen-bond acceptors (Lipinski definition) is 3. The molecule has 1 aromatic rings. The number of benzene rings is 1. The molecule has 0 radical (unpaired) electrons. The number of nitrogens with zero attached hydrogens (tertiary/aromatic N) is 1. The number of rotatable bonds is 4. The monoisotopic (exact) mass is 266 g/mol. The Labute approximate surface area is 114 Å². The van der Waals surface area contributed by atoms with Crippen LogP contribution in [0.4, 0.5) is 10.1 Å². The Kier molecular flexibility index (Phi) is 4.77. The van der Waals surface area contributed by atoms with Gasteiger partial charge in [0.15, 0.2) is 0 Å². The fourth-order valence-corrected chi connectivity index (χ4v) is 2.56. The van der Waals surface area contributed by atoms with Gasteiger partial charge in [-0.1, -0.05) is 6.07 Å². The summed E-state index contributed by atoms with van der Waals surface area (Å²) < 4.78 is 19.7. The summed E-state index contributed by atoms with van der Waals surface area (Å²) in [5, 5.41) is 0. The third kappa shape index (κ3) is 3.45. The second kappa shape index (κ2) is 6.35. The number of hydrogen-bond donors (Lipinski definition) is 1. The lowest BCUT2D eigenvalue weighted by Gasteiger charge is -2.33. The van der Waals surface area contributed by atoms with Crippen molar-refractivity contribution in [2.75, 3.05) is 24.6 Å². The average molecular weight is 266 g/mol. The van der Waals surface area contributed by atoms with Crippen molar-refractivity contribution >= 4 is 5.69 Å². The third-order valence-corrected chi connectivity index (χ3v) is 3.68. The van der Waals surface area contributed by atoms with E-state index in [9.17, 15) is 4.39 Å². The van der Waals surface area contributed by atoms with Crippen LogP contribution < -0.4 is 10.6 Å². The Bertz CT molecular complexity index is 415. The molecule has 19 heavy (non-hydrogen) atoms. The minimum absolute atomic E-state index is 0.132. The van der Waals surface area contributed by atoms with Gasteiger partial charge in [-0.3, -0.25) is 0 Å². The molecule has 0 saturated carbocycles. The first-order chi connectivity index (χ1) is 9.11. The molecule has 3 nitrogen and oxygen atoms in total. The van der Waals surface area contributed by atoms with E-state index >= 15 is 0 Å². The van der Waals surface area contributed by atoms with E-state index in [2.05, 4.69) is 4.90 Å². The minimum Gasteiger partial charge on any atom is -0.378 e. The molecule has 1 aliphatic rings. The molecule has 1 aromatic carbocycles. The highest BCUT2D eigenvalue weighted by Crippen LogP contribution is 2.26. The predicted octanol–water partition coefficient (Wildman–Crippen LogP) is 2.85. The van der Waals surface area contributed by atoms with Crippen LogP contribution in [-0.2, 0) is 4.74 Å². The zero-order chi connectivity index (χ0) is 13.8. The first-order valence-corrected chi connectivity index (χ1v) is 7.03. The summed E-state index contributed by atoms with van der Waals surface area (Å²) in [5.74, 6) is -0.176. The Morgan fingerprint density at radius 3 is 2.63 bits per heavy atom. The molecule has 0 aliphatic carbocycles. The van der Waals surface area contributed by atoms with Crippen LogP contribution in [0.2, 0.25) is 0 Å². The Hall–Kier alpha value is -1.13. The molecule has 0 aromatic heterocycles. The fourth-order valence-electron chi connectivity index (χ4n) is 2.56. The van der Waals surface area contributed by atoms with Gasteiger partial charge < -0.3 is 15.4 Å². The van der Waals surface area contributed by atoms with Crippen molar-refractivity contribution < 1.29 is 9.13 Å². The lowest BCUT2D eigenvalue weighted by molar-refractivity contribution is 0.0458. The topological polar surface area (TPSA) is 38.5 Å². The molecule has 2 N–H and O–H groups in total. The molecule has 1 aliphatic heterocycles. The summed E-state index contributed by atoms with van der Waals surface area (Å²) in [7, 11) is 0. The van der Waals surface area contributed by atoms with E-state index in [0.29, 0.717) is 11.8 Å². The van der Waals surface area contributed by atoms with Crippen molar-refractivity contribution in [3.63, 3.8) is 0 Å². The summed E-state index contributed by atoms with van der Waals surface area (Å²) in [5.41, 5.74) is 7.28. The van der Waals surface area contributed by atoms with Gasteiger partial charge in [-0.05, 0) is 44.4 Å². The smallest absolute Gasteiger partial charge is 0.146 e. The number of nitrogens with two attached hydrogens (primary N) is 1. The molecule has 1 atom stereocenters. The van der Waals surface area contributed by atoms with Crippen LogP contribution in [-0.4, -0.2) is 25.8 Å². The Morgan fingerprint density at radius 1 is 1.42 bits per heavy atom. The SMILES string of the molecule is CCOC1CCN(c2ccc([C@@H](C)N)cc2F)CC1. The molecular formula is C15H23FN2O. The maximum absolute atomic E-state index is 14.1. The van der Waals surface area contributed by atoms with Crippen LogP contribution in [0, 0.1) is 5.82 Å².